The van der Waals surface area contributed by atoms with E-state index >= 15 is 0 Å². The molecule has 0 aromatic carbocycles. The zero-order valence-corrected chi connectivity index (χ0v) is 14.3. The third-order valence-corrected chi connectivity index (χ3v) is 5.72. The number of rotatable bonds is 5. The average molecular weight is 337 g/mol. The molecule has 0 aromatic rings. The number of carbonyl (C=O) groups excluding carboxylic acids is 2. The summed E-state index contributed by atoms with van der Waals surface area (Å²) in [4.78, 5) is 42.0. The summed E-state index contributed by atoms with van der Waals surface area (Å²) in [7, 11) is 0. The maximum atomic E-state index is 12.7. The molecule has 0 spiro atoms. The molecule has 0 saturated carbocycles. The van der Waals surface area contributed by atoms with Gasteiger partial charge in [-0.15, -0.1) is 0 Å². The lowest BCUT2D eigenvalue weighted by atomic mass is 10.1. The van der Waals surface area contributed by atoms with Gasteiger partial charge in [0.05, 0.1) is 5.92 Å². The summed E-state index contributed by atoms with van der Waals surface area (Å²) >= 11 is 0. The third-order valence-electron chi connectivity index (χ3n) is 5.72. The van der Waals surface area contributed by atoms with Gasteiger partial charge in [0.15, 0.2) is 0 Å². The van der Waals surface area contributed by atoms with Gasteiger partial charge in [-0.2, -0.15) is 0 Å². The van der Waals surface area contributed by atoms with Crippen LogP contribution in [0.15, 0.2) is 0 Å². The van der Waals surface area contributed by atoms with Crippen molar-refractivity contribution in [3.8, 4) is 0 Å². The first-order chi connectivity index (χ1) is 11.5. The first-order valence-electron chi connectivity index (χ1n) is 9.06. The van der Waals surface area contributed by atoms with E-state index < -0.39 is 12.0 Å². The maximum Gasteiger partial charge on any atom is 0.326 e. The Morgan fingerprint density at radius 2 is 1.96 bits per heavy atom. The number of hydrogen-bond acceptors (Lipinski definition) is 4. The van der Waals surface area contributed by atoms with Gasteiger partial charge in [-0.3, -0.25) is 14.5 Å². The van der Waals surface area contributed by atoms with Crippen LogP contribution in [0.3, 0.4) is 0 Å². The Labute approximate surface area is 142 Å². The summed E-state index contributed by atoms with van der Waals surface area (Å²) in [6, 6.07) is -0.321. The molecule has 134 valence electrons. The number of nitrogens with zero attached hydrogens (tertiary/aromatic N) is 3. The van der Waals surface area contributed by atoms with E-state index in [-0.39, 0.29) is 24.2 Å². The smallest absolute Gasteiger partial charge is 0.326 e. The van der Waals surface area contributed by atoms with Crippen LogP contribution in [0.5, 0.6) is 0 Å². The normalized spacial score (nSPS) is 31.2. The molecule has 3 rings (SSSR count). The van der Waals surface area contributed by atoms with Crippen molar-refractivity contribution in [1.82, 2.24) is 14.7 Å². The summed E-state index contributed by atoms with van der Waals surface area (Å²) in [6.45, 7) is 5.83. The average Bonchev–Trinajstić information content (AvgIpc) is 3.27. The highest BCUT2D eigenvalue weighted by Gasteiger charge is 2.42. The molecule has 3 atom stereocenters. The van der Waals surface area contributed by atoms with Crippen LogP contribution in [0.4, 0.5) is 0 Å². The lowest BCUT2D eigenvalue weighted by molar-refractivity contribution is -0.149. The van der Waals surface area contributed by atoms with Crippen LogP contribution in [-0.2, 0) is 14.4 Å². The molecule has 1 N–H and O–H groups in total. The minimum atomic E-state index is -0.938. The largest absolute Gasteiger partial charge is 0.480 e. The zero-order chi connectivity index (χ0) is 17.3. The molecule has 7 heteroatoms. The second kappa shape index (κ2) is 7.09. The highest BCUT2D eigenvalue weighted by molar-refractivity contribution is 5.91. The molecule has 0 aromatic heterocycles. The first kappa shape index (κ1) is 17.2. The van der Waals surface area contributed by atoms with Crippen molar-refractivity contribution >= 4 is 17.8 Å². The van der Waals surface area contributed by atoms with Crippen LogP contribution < -0.4 is 0 Å². The number of amides is 2. The Kier molecular flexibility index (Phi) is 5.08. The van der Waals surface area contributed by atoms with Crippen molar-refractivity contribution < 1.29 is 19.5 Å². The fraction of sp³-hybridized carbons (Fsp3) is 0.824. The SMILES string of the molecule is CCN1CCCC1CN1CC(C(=O)N2CCC[C@H]2C(=O)O)CC1=O. The molecule has 7 nitrogen and oxygen atoms in total. The molecule has 2 unspecified atom stereocenters. The second-order valence-electron chi connectivity index (χ2n) is 7.15. The predicted octanol–water partition coefficient (Wildman–Crippen LogP) is 0.395. The number of carboxylic acids is 1. The van der Waals surface area contributed by atoms with Crippen molar-refractivity contribution in [2.75, 3.05) is 32.7 Å². The number of aliphatic carboxylic acids is 1. The lowest BCUT2D eigenvalue weighted by Gasteiger charge is -2.28. The topological polar surface area (TPSA) is 81.2 Å². The number of likely N-dealkylation sites (N-methyl/N-ethyl adjacent to an activating group) is 1. The van der Waals surface area contributed by atoms with E-state index in [4.69, 9.17) is 0 Å². The molecule has 0 aliphatic carbocycles. The molecule has 0 radical (unpaired) electrons. The van der Waals surface area contributed by atoms with Crippen LogP contribution in [0.25, 0.3) is 0 Å². The van der Waals surface area contributed by atoms with E-state index in [1.165, 1.54) is 4.90 Å². The molecule has 24 heavy (non-hydrogen) atoms. The molecule has 2 amide bonds. The molecule has 3 heterocycles. The molecular weight excluding hydrogens is 310 g/mol. The van der Waals surface area contributed by atoms with E-state index in [0.29, 0.717) is 32.1 Å². The number of likely N-dealkylation sites (tertiary alicyclic amines) is 3. The highest BCUT2D eigenvalue weighted by Crippen LogP contribution is 2.27. The van der Waals surface area contributed by atoms with E-state index in [2.05, 4.69) is 11.8 Å². The van der Waals surface area contributed by atoms with Gasteiger partial charge in [0, 0.05) is 32.1 Å². The van der Waals surface area contributed by atoms with E-state index in [1.807, 2.05) is 4.90 Å². The summed E-state index contributed by atoms with van der Waals surface area (Å²) in [6.07, 6.45) is 3.72. The van der Waals surface area contributed by atoms with Gasteiger partial charge in [-0.05, 0) is 38.8 Å². The predicted molar refractivity (Wildman–Crippen MR) is 87.3 cm³/mol. The van der Waals surface area contributed by atoms with Crippen LogP contribution in [0.1, 0.15) is 39.0 Å². The van der Waals surface area contributed by atoms with Crippen LogP contribution in [-0.4, -0.2) is 82.4 Å². The zero-order valence-electron chi connectivity index (χ0n) is 14.3. The molecule has 3 saturated heterocycles. The van der Waals surface area contributed by atoms with Gasteiger partial charge < -0.3 is 14.9 Å². The van der Waals surface area contributed by atoms with E-state index in [0.717, 1.165) is 32.4 Å². The number of carbonyl (C=O) groups is 3. The van der Waals surface area contributed by atoms with Crippen molar-refractivity contribution in [3.05, 3.63) is 0 Å². The second-order valence-corrected chi connectivity index (χ2v) is 7.15. The molecule has 0 bridgehead atoms. The van der Waals surface area contributed by atoms with Crippen LogP contribution in [0.2, 0.25) is 0 Å². The summed E-state index contributed by atoms with van der Waals surface area (Å²) < 4.78 is 0. The Morgan fingerprint density at radius 3 is 2.67 bits per heavy atom. The maximum absolute atomic E-state index is 12.7. The molecular formula is C17H27N3O4. The highest BCUT2D eigenvalue weighted by atomic mass is 16.4. The van der Waals surface area contributed by atoms with Crippen LogP contribution >= 0.6 is 0 Å². The Morgan fingerprint density at radius 1 is 1.21 bits per heavy atom. The molecule has 3 aliphatic heterocycles. The fourth-order valence-electron chi connectivity index (χ4n) is 4.41. The summed E-state index contributed by atoms with van der Waals surface area (Å²) in [5, 5.41) is 9.25. The Hall–Kier alpha value is -1.63. The monoisotopic (exact) mass is 337 g/mol. The van der Waals surface area contributed by atoms with Gasteiger partial charge in [-0.25, -0.2) is 4.79 Å². The van der Waals surface area contributed by atoms with Gasteiger partial charge in [0.1, 0.15) is 6.04 Å². The third kappa shape index (κ3) is 3.27. The van der Waals surface area contributed by atoms with Gasteiger partial charge in [-0.1, -0.05) is 6.92 Å². The van der Waals surface area contributed by atoms with E-state index in [9.17, 15) is 19.5 Å². The van der Waals surface area contributed by atoms with Gasteiger partial charge >= 0.3 is 5.97 Å². The first-order valence-corrected chi connectivity index (χ1v) is 9.06. The molecule has 3 aliphatic rings. The molecule has 3 fully saturated rings. The Balaban J connectivity index is 1.60. The van der Waals surface area contributed by atoms with Crippen molar-refractivity contribution in [2.45, 2.75) is 51.1 Å². The van der Waals surface area contributed by atoms with Crippen molar-refractivity contribution in [2.24, 2.45) is 5.92 Å². The lowest BCUT2D eigenvalue weighted by Crippen LogP contribution is -2.45. The number of carboxylic acid groups (broad SMARTS) is 1. The fourth-order valence-corrected chi connectivity index (χ4v) is 4.41. The van der Waals surface area contributed by atoms with Gasteiger partial charge in [0.2, 0.25) is 11.8 Å². The standard InChI is InChI=1S/C17H27N3O4/c1-2-18-7-3-5-13(18)11-19-10-12(9-15(19)21)16(22)20-8-4-6-14(20)17(23)24/h12-14H,2-11H2,1H3,(H,23,24)/t12?,13?,14-/m0/s1. The number of hydrogen-bond donors (Lipinski definition) is 1. The van der Waals surface area contributed by atoms with Crippen molar-refractivity contribution in [1.29, 1.82) is 0 Å². The minimum absolute atomic E-state index is 0.0300. The van der Waals surface area contributed by atoms with Crippen LogP contribution in [0, 0.1) is 5.92 Å². The minimum Gasteiger partial charge on any atom is -0.480 e. The Bertz CT molecular complexity index is 524. The van der Waals surface area contributed by atoms with E-state index in [1.54, 1.807) is 0 Å². The van der Waals surface area contributed by atoms with Crippen molar-refractivity contribution in [3.63, 3.8) is 0 Å². The summed E-state index contributed by atoms with van der Waals surface area (Å²) in [5.74, 6) is -1.45. The summed E-state index contributed by atoms with van der Waals surface area (Å²) in [5.41, 5.74) is 0. The quantitative estimate of drug-likeness (QED) is 0.785. The van der Waals surface area contributed by atoms with Gasteiger partial charge in [0.25, 0.3) is 0 Å².